The molecule has 0 bridgehead atoms. The lowest BCUT2D eigenvalue weighted by atomic mass is 9.86. The lowest BCUT2D eigenvalue weighted by Crippen LogP contribution is -2.34. The number of thiazole rings is 1. The van der Waals surface area contributed by atoms with Gasteiger partial charge in [0.25, 0.3) is 0 Å². The molecule has 0 atom stereocenters. The Hall–Kier alpha value is -1.87. The SMILES string of the molecule is O=S(=O)(Cc1ccccc1)NC[C@H]1CC[C@H](Nc2nc3c(s2)CCSc2ccccc2-3)CC1. The third-order valence-corrected chi connectivity index (χ3v) is 9.83. The van der Waals surface area contributed by atoms with Gasteiger partial charge in [0, 0.05) is 33.7 Å². The predicted molar refractivity (Wildman–Crippen MR) is 138 cm³/mol. The molecular formula is C25H29N3O2S3. The average Bonchev–Trinajstić information content (AvgIpc) is 3.13. The molecule has 5 nitrogen and oxygen atoms in total. The number of fused-ring (bicyclic) bond motifs is 3. The highest BCUT2D eigenvalue weighted by Gasteiger charge is 2.25. The largest absolute Gasteiger partial charge is 0.359 e. The Kier molecular flexibility index (Phi) is 7.06. The first-order valence-corrected chi connectivity index (χ1v) is 15.0. The van der Waals surface area contributed by atoms with E-state index in [1.807, 2.05) is 42.1 Å². The second kappa shape index (κ2) is 10.2. The van der Waals surface area contributed by atoms with Crippen LogP contribution in [0.1, 0.15) is 36.1 Å². The summed E-state index contributed by atoms with van der Waals surface area (Å²) in [5.74, 6) is 1.53. The van der Waals surface area contributed by atoms with Crippen LogP contribution in [0.2, 0.25) is 0 Å². The lowest BCUT2D eigenvalue weighted by Gasteiger charge is -2.29. The Morgan fingerprint density at radius 3 is 2.55 bits per heavy atom. The van der Waals surface area contributed by atoms with E-state index in [0.29, 0.717) is 18.5 Å². The quantitative estimate of drug-likeness (QED) is 0.446. The Morgan fingerprint density at radius 2 is 1.73 bits per heavy atom. The topological polar surface area (TPSA) is 71.1 Å². The van der Waals surface area contributed by atoms with Crippen LogP contribution in [-0.2, 0) is 22.2 Å². The average molecular weight is 500 g/mol. The Bertz CT molecular complexity index is 1190. The number of thioether (sulfide) groups is 1. The number of nitrogens with one attached hydrogen (secondary N) is 2. The van der Waals surface area contributed by atoms with Crippen molar-refractivity contribution in [2.75, 3.05) is 17.6 Å². The normalized spacial score (nSPS) is 20.5. The van der Waals surface area contributed by atoms with Gasteiger partial charge in [-0.2, -0.15) is 0 Å². The molecule has 0 spiro atoms. The summed E-state index contributed by atoms with van der Waals surface area (Å²) >= 11 is 3.71. The molecule has 1 fully saturated rings. The molecule has 0 unspecified atom stereocenters. The van der Waals surface area contributed by atoms with E-state index in [4.69, 9.17) is 4.98 Å². The summed E-state index contributed by atoms with van der Waals surface area (Å²) in [5, 5.41) is 4.70. The van der Waals surface area contributed by atoms with Crippen molar-refractivity contribution in [3.8, 4) is 11.3 Å². The van der Waals surface area contributed by atoms with Crippen LogP contribution in [0.3, 0.4) is 0 Å². The van der Waals surface area contributed by atoms with Gasteiger partial charge in [-0.1, -0.05) is 48.5 Å². The van der Waals surface area contributed by atoms with Gasteiger partial charge in [0.05, 0.1) is 11.4 Å². The van der Waals surface area contributed by atoms with Crippen LogP contribution in [0.4, 0.5) is 5.13 Å². The molecule has 2 aliphatic rings. The molecule has 8 heteroatoms. The van der Waals surface area contributed by atoms with Crippen LogP contribution in [0.5, 0.6) is 0 Å². The number of sulfonamides is 1. The van der Waals surface area contributed by atoms with Crippen molar-refractivity contribution in [1.29, 1.82) is 0 Å². The fourth-order valence-corrected chi connectivity index (χ4v) is 8.04. The minimum atomic E-state index is -3.30. The van der Waals surface area contributed by atoms with Crippen LogP contribution in [-0.4, -0.2) is 31.7 Å². The van der Waals surface area contributed by atoms with Crippen LogP contribution < -0.4 is 10.0 Å². The number of hydrogen-bond acceptors (Lipinski definition) is 6. The molecule has 3 aromatic rings. The van der Waals surface area contributed by atoms with E-state index in [0.717, 1.165) is 54.2 Å². The molecule has 0 saturated heterocycles. The minimum Gasteiger partial charge on any atom is -0.359 e. The second-order valence-electron chi connectivity index (χ2n) is 8.84. The maximum Gasteiger partial charge on any atom is 0.215 e. The highest BCUT2D eigenvalue weighted by atomic mass is 32.2. The van der Waals surface area contributed by atoms with Gasteiger partial charge in [-0.15, -0.1) is 23.1 Å². The third kappa shape index (κ3) is 5.80. The van der Waals surface area contributed by atoms with Gasteiger partial charge in [-0.25, -0.2) is 18.1 Å². The maximum absolute atomic E-state index is 12.4. The monoisotopic (exact) mass is 499 g/mol. The van der Waals surface area contributed by atoms with Crippen molar-refractivity contribution < 1.29 is 8.42 Å². The van der Waals surface area contributed by atoms with Gasteiger partial charge in [0.15, 0.2) is 5.13 Å². The molecule has 2 aromatic carbocycles. The Morgan fingerprint density at radius 1 is 0.970 bits per heavy atom. The molecule has 2 heterocycles. The number of aryl methyl sites for hydroxylation is 1. The molecule has 1 aliphatic carbocycles. The number of rotatable bonds is 7. The van der Waals surface area contributed by atoms with Crippen molar-refractivity contribution in [2.45, 2.75) is 48.8 Å². The van der Waals surface area contributed by atoms with E-state index in [1.165, 1.54) is 15.3 Å². The zero-order valence-corrected chi connectivity index (χ0v) is 20.9. The molecule has 33 heavy (non-hydrogen) atoms. The summed E-state index contributed by atoms with van der Waals surface area (Å²) in [5.41, 5.74) is 3.22. The highest BCUT2D eigenvalue weighted by Crippen LogP contribution is 2.41. The molecule has 1 aliphatic heterocycles. The van der Waals surface area contributed by atoms with E-state index in [2.05, 4.69) is 34.3 Å². The zero-order chi connectivity index (χ0) is 22.7. The van der Waals surface area contributed by atoms with E-state index in [1.54, 1.807) is 11.3 Å². The summed E-state index contributed by atoms with van der Waals surface area (Å²) in [4.78, 5) is 7.67. The van der Waals surface area contributed by atoms with Crippen LogP contribution >= 0.6 is 23.1 Å². The van der Waals surface area contributed by atoms with Crippen molar-refractivity contribution >= 4 is 38.3 Å². The van der Waals surface area contributed by atoms with Crippen LogP contribution in [0, 0.1) is 5.92 Å². The molecule has 5 rings (SSSR count). The van der Waals surface area contributed by atoms with E-state index in [-0.39, 0.29) is 5.75 Å². The first-order valence-electron chi connectivity index (χ1n) is 11.6. The summed E-state index contributed by atoms with van der Waals surface area (Å²) < 4.78 is 27.7. The molecule has 1 aromatic heterocycles. The molecule has 0 amide bonds. The smallest absolute Gasteiger partial charge is 0.215 e. The summed E-state index contributed by atoms with van der Waals surface area (Å²) in [6.45, 7) is 0.530. The van der Waals surface area contributed by atoms with Gasteiger partial charge in [0.2, 0.25) is 10.0 Å². The summed E-state index contributed by atoms with van der Waals surface area (Å²) in [7, 11) is -3.30. The fourth-order valence-electron chi connectivity index (χ4n) is 4.61. The third-order valence-electron chi connectivity index (χ3n) is 6.39. The molecular weight excluding hydrogens is 470 g/mol. The van der Waals surface area contributed by atoms with Crippen molar-refractivity contribution in [3.05, 3.63) is 65.0 Å². The number of nitrogens with zero attached hydrogens (tertiary/aromatic N) is 1. The summed E-state index contributed by atoms with van der Waals surface area (Å²) in [6, 6.07) is 18.3. The molecule has 1 saturated carbocycles. The fraction of sp³-hybridized carbons (Fsp3) is 0.400. The van der Waals surface area contributed by atoms with Gasteiger partial charge in [0.1, 0.15) is 0 Å². The van der Waals surface area contributed by atoms with E-state index in [9.17, 15) is 8.42 Å². The van der Waals surface area contributed by atoms with Crippen molar-refractivity contribution in [2.24, 2.45) is 5.92 Å². The molecule has 0 radical (unpaired) electrons. The van der Waals surface area contributed by atoms with Gasteiger partial charge in [-0.05, 0) is 49.7 Å². The zero-order valence-electron chi connectivity index (χ0n) is 18.5. The van der Waals surface area contributed by atoms with E-state index < -0.39 is 10.0 Å². The molecule has 174 valence electrons. The van der Waals surface area contributed by atoms with Crippen LogP contribution in [0.15, 0.2) is 59.5 Å². The van der Waals surface area contributed by atoms with Gasteiger partial charge in [-0.3, -0.25) is 0 Å². The highest BCUT2D eigenvalue weighted by molar-refractivity contribution is 7.99. The van der Waals surface area contributed by atoms with E-state index >= 15 is 0 Å². The van der Waals surface area contributed by atoms with Crippen molar-refractivity contribution in [1.82, 2.24) is 9.71 Å². The first-order chi connectivity index (χ1) is 16.1. The molecule has 2 N–H and O–H groups in total. The standard InChI is InChI=1S/C25H29N3O2S3/c29-33(30,17-19-6-2-1-3-7-19)26-16-18-10-12-20(13-11-18)27-25-28-24-21-8-4-5-9-22(21)31-15-14-23(24)32-25/h1-9,18,20,26H,10-17H2,(H,27,28)/t18-,20-. The number of hydrogen-bond donors (Lipinski definition) is 2. The summed E-state index contributed by atoms with van der Waals surface area (Å²) in [6.07, 6.45) is 5.19. The van der Waals surface area contributed by atoms with Gasteiger partial charge >= 0.3 is 0 Å². The van der Waals surface area contributed by atoms with Crippen molar-refractivity contribution in [3.63, 3.8) is 0 Å². The predicted octanol–water partition coefficient (Wildman–Crippen LogP) is 5.55. The lowest BCUT2D eigenvalue weighted by molar-refractivity contribution is 0.337. The Balaban J connectivity index is 1.13. The number of anilines is 1. The second-order valence-corrected chi connectivity index (χ2v) is 12.9. The van der Waals surface area contributed by atoms with Crippen LogP contribution in [0.25, 0.3) is 11.3 Å². The minimum absolute atomic E-state index is 0.0427. The first kappa shape index (κ1) is 22.9. The Labute approximate surface area is 204 Å². The van der Waals surface area contributed by atoms with Gasteiger partial charge < -0.3 is 5.32 Å². The maximum atomic E-state index is 12.4. The number of benzene rings is 2. The number of aromatic nitrogens is 1.